The molecule has 0 aliphatic carbocycles. The van der Waals surface area contributed by atoms with Crippen molar-refractivity contribution in [2.24, 2.45) is 0 Å². The van der Waals surface area contributed by atoms with E-state index in [2.05, 4.69) is 11.4 Å². The lowest BCUT2D eigenvalue weighted by Crippen LogP contribution is -2.26. The first-order valence-electron chi connectivity index (χ1n) is 7.00. The van der Waals surface area contributed by atoms with E-state index in [1.807, 2.05) is 19.2 Å². The number of hydrogen-bond acceptors (Lipinski definition) is 2. The predicted octanol–water partition coefficient (Wildman–Crippen LogP) is 3.47. The van der Waals surface area contributed by atoms with Crippen molar-refractivity contribution in [2.75, 3.05) is 20.2 Å². The number of benzene rings is 2. The minimum Gasteiger partial charge on any atom is -0.376 e. The van der Waals surface area contributed by atoms with Gasteiger partial charge in [0.2, 0.25) is 0 Å². The van der Waals surface area contributed by atoms with Crippen molar-refractivity contribution in [1.29, 1.82) is 0 Å². The Morgan fingerprint density at radius 3 is 2.81 bits per heavy atom. The molecule has 110 valence electrons. The third-order valence-electron chi connectivity index (χ3n) is 3.89. The van der Waals surface area contributed by atoms with Crippen molar-refractivity contribution < 1.29 is 13.5 Å². The second kappa shape index (κ2) is 5.92. The largest absolute Gasteiger partial charge is 0.376 e. The Hall–Kier alpha value is -1.78. The Labute approximate surface area is 122 Å². The quantitative estimate of drug-likeness (QED) is 0.934. The van der Waals surface area contributed by atoms with Crippen LogP contribution in [0.25, 0.3) is 11.1 Å². The van der Waals surface area contributed by atoms with Crippen LogP contribution in [0, 0.1) is 11.6 Å². The summed E-state index contributed by atoms with van der Waals surface area (Å²) < 4.78 is 32.8. The third kappa shape index (κ3) is 2.69. The molecule has 0 bridgehead atoms. The van der Waals surface area contributed by atoms with Crippen molar-refractivity contribution in [3.63, 3.8) is 0 Å². The molecule has 0 radical (unpaired) electrons. The van der Waals surface area contributed by atoms with E-state index in [-0.39, 0.29) is 5.92 Å². The standard InChI is InChI=1S/C17H17F2NO/c1-20-8-11-9-21-10-16-13(11)3-2-4-14(16)15-6-5-12(18)7-17(15)19/h2-7,11,20H,8-10H2,1H3. The summed E-state index contributed by atoms with van der Waals surface area (Å²) >= 11 is 0. The fourth-order valence-corrected chi connectivity index (χ4v) is 2.92. The number of hydrogen-bond donors (Lipinski definition) is 1. The normalized spacial score (nSPS) is 17.6. The van der Waals surface area contributed by atoms with Crippen LogP contribution in [-0.4, -0.2) is 20.2 Å². The number of likely N-dealkylation sites (N-methyl/N-ethyl adjacent to an activating group) is 1. The van der Waals surface area contributed by atoms with Crippen LogP contribution in [0.3, 0.4) is 0 Å². The molecule has 3 rings (SSSR count). The SMILES string of the molecule is CNCC1COCc2c(-c3ccc(F)cc3F)cccc21. The summed E-state index contributed by atoms with van der Waals surface area (Å²) in [6, 6.07) is 9.54. The van der Waals surface area contributed by atoms with Crippen molar-refractivity contribution in [2.45, 2.75) is 12.5 Å². The maximum absolute atomic E-state index is 14.1. The van der Waals surface area contributed by atoms with Crippen LogP contribution in [0.5, 0.6) is 0 Å². The van der Waals surface area contributed by atoms with Gasteiger partial charge in [0.1, 0.15) is 11.6 Å². The first-order chi connectivity index (χ1) is 10.2. The van der Waals surface area contributed by atoms with Crippen LogP contribution < -0.4 is 5.32 Å². The third-order valence-corrected chi connectivity index (χ3v) is 3.89. The molecule has 0 saturated carbocycles. The van der Waals surface area contributed by atoms with Gasteiger partial charge in [0.25, 0.3) is 0 Å². The van der Waals surface area contributed by atoms with Gasteiger partial charge < -0.3 is 10.1 Å². The van der Waals surface area contributed by atoms with Crippen molar-refractivity contribution in [3.05, 3.63) is 59.2 Å². The molecule has 1 N–H and O–H groups in total. The Bertz CT molecular complexity index is 657. The van der Waals surface area contributed by atoms with Gasteiger partial charge in [0.15, 0.2) is 0 Å². The van der Waals surface area contributed by atoms with Gasteiger partial charge >= 0.3 is 0 Å². The van der Waals surface area contributed by atoms with Gasteiger partial charge in [-0.05, 0) is 35.9 Å². The minimum atomic E-state index is -0.564. The molecule has 0 fully saturated rings. The molecule has 1 heterocycles. The van der Waals surface area contributed by atoms with Gasteiger partial charge in [-0.25, -0.2) is 8.78 Å². The van der Waals surface area contributed by atoms with Gasteiger partial charge in [-0.1, -0.05) is 18.2 Å². The van der Waals surface area contributed by atoms with Gasteiger partial charge in [0, 0.05) is 24.1 Å². The zero-order chi connectivity index (χ0) is 14.8. The van der Waals surface area contributed by atoms with Crippen molar-refractivity contribution in [3.8, 4) is 11.1 Å². The van der Waals surface area contributed by atoms with Gasteiger partial charge in [-0.15, -0.1) is 0 Å². The molecule has 4 heteroatoms. The molecule has 0 spiro atoms. The summed E-state index contributed by atoms with van der Waals surface area (Å²) in [5, 5.41) is 3.15. The first kappa shape index (κ1) is 14.2. The number of nitrogens with one attached hydrogen (secondary N) is 1. The summed E-state index contributed by atoms with van der Waals surface area (Å²) in [5.41, 5.74) is 3.37. The average Bonchev–Trinajstić information content (AvgIpc) is 2.48. The van der Waals surface area contributed by atoms with E-state index < -0.39 is 11.6 Å². The van der Waals surface area contributed by atoms with Crippen LogP contribution >= 0.6 is 0 Å². The fourth-order valence-electron chi connectivity index (χ4n) is 2.92. The highest BCUT2D eigenvalue weighted by atomic mass is 19.1. The van der Waals surface area contributed by atoms with E-state index in [0.29, 0.717) is 18.8 Å². The van der Waals surface area contributed by atoms with E-state index in [1.165, 1.54) is 17.7 Å². The maximum Gasteiger partial charge on any atom is 0.133 e. The first-order valence-corrected chi connectivity index (χ1v) is 7.00. The van der Waals surface area contributed by atoms with E-state index in [9.17, 15) is 8.78 Å². The van der Waals surface area contributed by atoms with Crippen molar-refractivity contribution >= 4 is 0 Å². The molecule has 0 amide bonds. The van der Waals surface area contributed by atoms with Crippen LogP contribution in [0.2, 0.25) is 0 Å². The molecule has 1 aliphatic rings. The number of fused-ring (bicyclic) bond motifs is 1. The summed E-state index contributed by atoms with van der Waals surface area (Å²) in [4.78, 5) is 0. The lowest BCUT2D eigenvalue weighted by atomic mass is 9.87. The highest BCUT2D eigenvalue weighted by molar-refractivity contribution is 5.70. The summed E-state index contributed by atoms with van der Waals surface area (Å²) in [7, 11) is 1.90. The number of rotatable bonds is 3. The molecule has 2 aromatic carbocycles. The molecule has 0 saturated heterocycles. The molecule has 1 aliphatic heterocycles. The van der Waals surface area contributed by atoms with Gasteiger partial charge in [-0.3, -0.25) is 0 Å². The highest BCUT2D eigenvalue weighted by Crippen LogP contribution is 2.35. The van der Waals surface area contributed by atoms with Crippen LogP contribution in [-0.2, 0) is 11.3 Å². The van der Waals surface area contributed by atoms with E-state index >= 15 is 0 Å². The highest BCUT2D eigenvalue weighted by Gasteiger charge is 2.23. The predicted molar refractivity (Wildman–Crippen MR) is 78.1 cm³/mol. The Morgan fingerprint density at radius 2 is 2.05 bits per heavy atom. The zero-order valence-electron chi connectivity index (χ0n) is 11.8. The van der Waals surface area contributed by atoms with E-state index in [0.717, 1.165) is 23.7 Å². The summed E-state index contributed by atoms with van der Waals surface area (Å²) in [5.74, 6) is -0.855. The van der Waals surface area contributed by atoms with E-state index in [4.69, 9.17) is 4.74 Å². The lowest BCUT2D eigenvalue weighted by molar-refractivity contribution is 0.0915. The zero-order valence-corrected chi connectivity index (χ0v) is 11.8. The molecular weight excluding hydrogens is 272 g/mol. The average molecular weight is 289 g/mol. The molecular formula is C17H17F2NO. The molecule has 0 aromatic heterocycles. The maximum atomic E-state index is 14.1. The van der Waals surface area contributed by atoms with Crippen molar-refractivity contribution in [1.82, 2.24) is 5.32 Å². The lowest BCUT2D eigenvalue weighted by Gasteiger charge is -2.27. The number of halogens is 2. The fraction of sp³-hybridized carbons (Fsp3) is 0.294. The molecule has 1 unspecified atom stereocenters. The molecule has 1 atom stereocenters. The smallest absolute Gasteiger partial charge is 0.133 e. The Balaban J connectivity index is 2.10. The van der Waals surface area contributed by atoms with E-state index in [1.54, 1.807) is 0 Å². The summed E-state index contributed by atoms with van der Waals surface area (Å²) in [6.45, 7) is 1.92. The molecule has 21 heavy (non-hydrogen) atoms. The number of ether oxygens (including phenoxy) is 1. The Morgan fingerprint density at radius 1 is 1.19 bits per heavy atom. The molecule has 2 nitrogen and oxygen atoms in total. The van der Waals surface area contributed by atoms with Gasteiger partial charge in [0.05, 0.1) is 13.2 Å². The Kier molecular flexibility index (Phi) is 3.99. The van der Waals surface area contributed by atoms with Crippen LogP contribution in [0.4, 0.5) is 8.78 Å². The molecule has 2 aromatic rings. The van der Waals surface area contributed by atoms with Crippen LogP contribution in [0.1, 0.15) is 17.0 Å². The topological polar surface area (TPSA) is 21.3 Å². The summed E-state index contributed by atoms with van der Waals surface area (Å²) in [6.07, 6.45) is 0. The second-order valence-corrected chi connectivity index (χ2v) is 5.27. The minimum absolute atomic E-state index is 0.252. The monoisotopic (exact) mass is 289 g/mol. The van der Waals surface area contributed by atoms with Gasteiger partial charge in [-0.2, -0.15) is 0 Å². The second-order valence-electron chi connectivity index (χ2n) is 5.27. The van der Waals surface area contributed by atoms with Crippen LogP contribution in [0.15, 0.2) is 36.4 Å².